The Morgan fingerprint density at radius 1 is 1.32 bits per heavy atom. The molecule has 0 aliphatic carbocycles. The second kappa shape index (κ2) is 6.52. The van der Waals surface area contributed by atoms with E-state index in [9.17, 15) is 13.2 Å². The van der Waals surface area contributed by atoms with Crippen LogP contribution in [0.5, 0.6) is 0 Å². The Bertz CT molecular complexity index is 886. The van der Waals surface area contributed by atoms with Crippen molar-refractivity contribution in [3.63, 3.8) is 0 Å². The number of carbonyl (C=O) groups is 1. The number of tetrazole rings is 1. The maximum Gasteiger partial charge on any atom is 0.245 e. The lowest BCUT2D eigenvalue weighted by Crippen LogP contribution is -2.55. The monoisotopic (exact) mass is 364 g/mol. The molecule has 9 nitrogen and oxygen atoms in total. The first-order valence-electron chi connectivity index (χ1n) is 7.91. The topological polar surface area (TPSA) is 119 Å². The first-order chi connectivity index (χ1) is 11.8. The lowest BCUT2D eigenvalue weighted by molar-refractivity contribution is -0.119. The van der Waals surface area contributed by atoms with Crippen LogP contribution in [0.15, 0.2) is 24.3 Å². The van der Waals surface area contributed by atoms with E-state index in [2.05, 4.69) is 26.2 Å². The summed E-state index contributed by atoms with van der Waals surface area (Å²) in [5, 5.41) is 17.2. The van der Waals surface area contributed by atoms with Crippen LogP contribution in [0.2, 0.25) is 0 Å². The standard InChI is InChI=1S/C15H20N6O3S/c1-11-18-19-20-21(11)13-5-3-4-12(10-13)17-14(22)15(25(2,23)24)6-8-16-9-7-15/h3-5,10,16H,6-9H2,1-2H3,(H,17,22). The highest BCUT2D eigenvalue weighted by molar-refractivity contribution is 7.92. The lowest BCUT2D eigenvalue weighted by Gasteiger charge is -2.34. The van der Waals surface area contributed by atoms with E-state index in [0.717, 1.165) is 6.26 Å². The minimum Gasteiger partial charge on any atom is -0.325 e. The molecule has 0 radical (unpaired) electrons. The number of nitrogens with zero attached hydrogens (tertiary/aromatic N) is 4. The Morgan fingerprint density at radius 2 is 2.04 bits per heavy atom. The highest BCUT2D eigenvalue weighted by Gasteiger charge is 2.48. The van der Waals surface area contributed by atoms with E-state index in [0.29, 0.717) is 30.3 Å². The second-order valence-electron chi connectivity index (χ2n) is 6.16. The van der Waals surface area contributed by atoms with Crippen LogP contribution in [0.3, 0.4) is 0 Å². The summed E-state index contributed by atoms with van der Waals surface area (Å²) in [6.45, 7) is 2.74. The number of hydrogen-bond acceptors (Lipinski definition) is 7. The number of benzene rings is 1. The largest absolute Gasteiger partial charge is 0.325 e. The maximum atomic E-state index is 12.8. The SMILES string of the molecule is Cc1nnnn1-c1cccc(NC(=O)C2(S(C)(=O)=O)CCNCC2)c1. The van der Waals surface area contributed by atoms with Crippen molar-refractivity contribution in [1.82, 2.24) is 25.5 Å². The van der Waals surface area contributed by atoms with Crippen molar-refractivity contribution in [2.75, 3.05) is 24.7 Å². The van der Waals surface area contributed by atoms with E-state index in [-0.39, 0.29) is 12.8 Å². The molecule has 1 saturated heterocycles. The fourth-order valence-corrected chi connectivity index (χ4v) is 4.36. The van der Waals surface area contributed by atoms with Gasteiger partial charge >= 0.3 is 0 Å². The molecule has 1 aliphatic heterocycles. The predicted octanol–water partition coefficient (Wildman–Crippen LogP) is 0.0760. The molecule has 1 aromatic heterocycles. The highest BCUT2D eigenvalue weighted by Crippen LogP contribution is 2.29. The molecule has 2 heterocycles. The number of amides is 1. The number of aryl methyl sites for hydroxylation is 1. The molecule has 134 valence electrons. The first-order valence-corrected chi connectivity index (χ1v) is 9.80. The number of nitrogens with one attached hydrogen (secondary N) is 2. The summed E-state index contributed by atoms with van der Waals surface area (Å²) >= 11 is 0. The van der Waals surface area contributed by atoms with Crippen molar-refractivity contribution in [1.29, 1.82) is 0 Å². The summed E-state index contributed by atoms with van der Waals surface area (Å²) in [5.74, 6) is 0.108. The molecule has 1 aromatic carbocycles. The molecule has 1 fully saturated rings. The normalized spacial score (nSPS) is 17.2. The molecule has 3 rings (SSSR count). The van der Waals surface area contributed by atoms with Crippen LogP contribution in [0, 0.1) is 6.92 Å². The van der Waals surface area contributed by atoms with Gasteiger partial charge in [-0.1, -0.05) is 6.07 Å². The zero-order valence-corrected chi connectivity index (χ0v) is 14.9. The van der Waals surface area contributed by atoms with Crippen molar-refractivity contribution in [3.8, 4) is 5.69 Å². The van der Waals surface area contributed by atoms with Crippen LogP contribution in [0.1, 0.15) is 18.7 Å². The third-order valence-corrected chi connectivity index (χ3v) is 6.52. The molecule has 0 bridgehead atoms. The van der Waals surface area contributed by atoms with E-state index in [1.54, 1.807) is 31.2 Å². The fraction of sp³-hybridized carbons (Fsp3) is 0.467. The maximum absolute atomic E-state index is 12.8. The molecule has 2 N–H and O–H groups in total. The Labute approximate surface area is 145 Å². The molecular formula is C15H20N6O3S. The van der Waals surface area contributed by atoms with Gasteiger partial charge in [-0.3, -0.25) is 4.79 Å². The number of carbonyl (C=O) groups excluding carboxylic acids is 1. The van der Waals surface area contributed by atoms with Gasteiger partial charge in [0.2, 0.25) is 5.91 Å². The van der Waals surface area contributed by atoms with E-state index < -0.39 is 20.5 Å². The molecule has 10 heteroatoms. The third-order valence-electron chi connectivity index (χ3n) is 4.51. The average Bonchev–Trinajstić information content (AvgIpc) is 3.01. The smallest absolute Gasteiger partial charge is 0.245 e. The Balaban J connectivity index is 1.89. The molecule has 0 spiro atoms. The van der Waals surface area contributed by atoms with Crippen LogP contribution >= 0.6 is 0 Å². The lowest BCUT2D eigenvalue weighted by atomic mass is 9.95. The summed E-state index contributed by atoms with van der Waals surface area (Å²) < 4.78 is 24.8. The van der Waals surface area contributed by atoms with Gasteiger partial charge in [-0.25, -0.2) is 8.42 Å². The quantitative estimate of drug-likeness (QED) is 0.788. The molecule has 2 aromatic rings. The van der Waals surface area contributed by atoms with Gasteiger partial charge in [0, 0.05) is 11.9 Å². The summed E-state index contributed by atoms with van der Waals surface area (Å²) in [5.41, 5.74) is 1.18. The van der Waals surface area contributed by atoms with Crippen molar-refractivity contribution in [3.05, 3.63) is 30.1 Å². The van der Waals surface area contributed by atoms with Gasteiger partial charge in [0.05, 0.1) is 5.69 Å². The number of sulfone groups is 1. The molecule has 25 heavy (non-hydrogen) atoms. The number of rotatable bonds is 4. The minimum atomic E-state index is -3.56. The number of anilines is 1. The van der Waals surface area contributed by atoms with Crippen LogP contribution in [-0.2, 0) is 14.6 Å². The van der Waals surface area contributed by atoms with Gasteiger partial charge in [-0.15, -0.1) is 5.10 Å². The zero-order valence-electron chi connectivity index (χ0n) is 14.1. The minimum absolute atomic E-state index is 0.253. The Hall–Kier alpha value is -2.33. The molecule has 0 saturated carbocycles. The number of aromatic nitrogens is 4. The van der Waals surface area contributed by atoms with Crippen molar-refractivity contribution in [2.45, 2.75) is 24.5 Å². The van der Waals surface area contributed by atoms with E-state index in [1.165, 1.54) is 4.68 Å². The van der Waals surface area contributed by atoms with Gasteiger partial charge < -0.3 is 10.6 Å². The molecule has 1 amide bonds. The summed E-state index contributed by atoms with van der Waals surface area (Å²) in [4.78, 5) is 12.8. The van der Waals surface area contributed by atoms with Gasteiger partial charge in [0.25, 0.3) is 0 Å². The van der Waals surface area contributed by atoms with Crippen molar-refractivity contribution >= 4 is 21.4 Å². The van der Waals surface area contributed by atoms with Crippen LogP contribution in [0.4, 0.5) is 5.69 Å². The molecule has 0 atom stereocenters. The summed E-state index contributed by atoms with van der Waals surface area (Å²) in [6.07, 6.45) is 1.63. The van der Waals surface area contributed by atoms with Crippen LogP contribution in [-0.4, -0.2) is 58.6 Å². The van der Waals surface area contributed by atoms with Gasteiger partial charge in [0.15, 0.2) is 20.4 Å². The predicted molar refractivity (Wildman–Crippen MR) is 92.2 cm³/mol. The average molecular weight is 364 g/mol. The second-order valence-corrected chi connectivity index (χ2v) is 8.48. The van der Waals surface area contributed by atoms with E-state index in [4.69, 9.17) is 0 Å². The third kappa shape index (κ3) is 3.27. The van der Waals surface area contributed by atoms with E-state index in [1.807, 2.05) is 0 Å². The number of piperidine rings is 1. The van der Waals surface area contributed by atoms with Crippen molar-refractivity contribution in [2.24, 2.45) is 0 Å². The molecule has 1 aliphatic rings. The Morgan fingerprint density at radius 3 is 2.64 bits per heavy atom. The fourth-order valence-electron chi connectivity index (χ4n) is 3.03. The van der Waals surface area contributed by atoms with Gasteiger partial charge in [0.1, 0.15) is 0 Å². The highest BCUT2D eigenvalue weighted by atomic mass is 32.2. The van der Waals surface area contributed by atoms with Crippen LogP contribution < -0.4 is 10.6 Å². The zero-order chi connectivity index (χ0) is 18.1. The van der Waals surface area contributed by atoms with Gasteiger partial charge in [-0.05, 0) is 61.5 Å². The van der Waals surface area contributed by atoms with Crippen LogP contribution in [0.25, 0.3) is 5.69 Å². The summed E-state index contributed by atoms with van der Waals surface area (Å²) in [6, 6.07) is 6.97. The number of hydrogen-bond donors (Lipinski definition) is 2. The molecule has 0 unspecified atom stereocenters. The summed E-state index contributed by atoms with van der Waals surface area (Å²) in [7, 11) is -3.56. The van der Waals surface area contributed by atoms with Crippen molar-refractivity contribution < 1.29 is 13.2 Å². The Kier molecular flexibility index (Phi) is 4.56. The van der Waals surface area contributed by atoms with Gasteiger partial charge in [-0.2, -0.15) is 4.68 Å². The molecular weight excluding hydrogens is 344 g/mol. The first kappa shape index (κ1) is 17.5. The van der Waals surface area contributed by atoms with E-state index >= 15 is 0 Å².